The van der Waals surface area contributed by atoms with Crippen molar-refractivity contribution in [3.8, 4) is 0 Å². The van der Waals surface area contributed by atoms with Gasteiger partial charge in [0, 0.05) is 5.69 Å². The van der Waals surface area contributed by atoms with Crippen LogP contribution >= 0.6 is 0 Å². The zero-order chi connectivity index (χ0) is 21.0. The third-order valence-electron chi connectivity index (χ3n) is 4.16. The Balaban J connectivity index is 2.22. The second-order valence-corrected chi connectivity index (χ2v) is 6.62. The fraction of sp³-hybridized carbons (Fsp3) is 0.250. The number of anilines is 1. The summed E-state index contributed by atoms with van der Waals surface area (Å²) in [6.45, 7) is 4.93. The van der Waals surface area contributed by atoms with Crippen molar-refractivity contribution in [2.24, 2.45) is 5.92 Å². The minimum Gasteiger partial charge on any atom is -0.478 e. The molecule has 0 aromatic heterocycles. The van der Waals surface area contributed by atoms with Gasteiger partial charge in [-0.3, -0.25) is 9.59 Å². The maximum atomic E-state index is 13.8. The molecule has 0 heterocycles. The van der Waals surface area contributed by atoms with Crippen LogP contribution in [-0.2, 0) is 4.79 Å². The van der Waals surface area contributed by atoms with Crippen molar-refractivity contribution in [1.82, 2.24) is 5.32 Å². The van der Waals surface area contributed by atoms with Gasteiger partial charge in [0.25, 0.3) is 5.91 Å². The minimum atomic E-state index is -1.14. The summed E-state index contributed by atoms with van der Waals surface area (Å²) in [6, 6.07) is 6.29. The lowest BCUT2D eigenvalue weighted by Crippen LogP contribution is -2.47. The van der Waals surface area contributed by atoms with Crippen molar-refractivity contribution in [2.45, 2.75) is 26.8 Å². The van der Waals surface area contributed by atoms with E-state index in [2.05, 4.69) is 10.6 Å². The molecule has 28 heavy (non-hydrogen) atoms. The molecular formula is C20H20F2N2O4. The van der Waals surface area contributed by atoms with Gasteiger partial charge in [-0.25, -0.2) is 13.6 Å². The molecule has 148 valence electrons. The summed E-state index contributed by atoms with van der Waals surface area (Å²) in [5.41, 5.74) is 0.0000186. The van der Waals surface area contributed by atoms with E-state index in [0.717, 1.165) is 18.2 Å². The number of nitrogens with one attached hydrogen (secondary N) is 2. The molecule has 1 unspecified atom stereocenters. The van der Waals surface area contributed by atoms with Crippen molar-refractivity contribution in [3.05, 3.63) is 64.7 Å². The van der Waals surface area contributed by atoms with Crippen LogP contribution in [0, 0.1) is 24.5 Å². The van der Waals surface area contributed by atoms with Crippen LogP contribution in [0.5, 0.6) is 0 Å². The van der Waals surface area contributed by atoms with Gasteiger partial charge in [0.05, 0.1) is 5.56 Å². The summed E-state index contributed by atoms with van der Waals surface area (Å²) >= 11 is 0. The molecule has 0 spiro atoms. The predicted molar refractivity (Wildman–Crippen MR) is 99.2 cm³/mol. The highest BCUT2D eigenvalue weighted by Crippen LogP contribution is 2.17. The highest BCUT2D eigenvalue weighted by molar-refractivity contribution is 6.02. The number of halogens is 2. The van der Waals surface area contributed by atoms with E-state index in [1.165, 1.54) is 18.2 Å². The molecule has 0 saturated carbocycles. The topological polar surface area (TPSA) is 95.5 Å². The number of carboxylic acid groups (broad SMARTS) is 1. The largest absolute Gasteiger partial charge is 0.478 e. The number of rotatable bonds is 6. The van der Waals surface area contributed by atoms with Gasteiger partial charge in [-0.05, 0) is 42.7 Å². The molecular weight excluding hydrogens is 370 g/mol. The van der Waals surface area contributed by atoms with Gasteiger partial charge in [0.2, 0.25) is 5.91 Å². The molecule has 8 heteroatoms. The van der Waals surface area contributed by atoms with Gasteiger partial charge in [-0.1, -0.05) is 26.0 Å². The number of carbonyl (C=O) groups is 3. The van der Waals surface area contributed by atoms with Crippen molar-refractivity contribution in [1.29, 1.82) is 0 Å². The first-order chi connectivity index (χ1) is 13.1. The van der Waals surface area contributed by atoms with E-state index in [-0.39, 0.29) is 11.3 Å². The summed E-state index contributed by atoms with van der Waals surface area (Å²) in [5.74, 6) is -5.31. The number of hydrogen-bond acceptors (Lipinski definition) is 3. The number of hydrogen-bond donors (Lipinski definition) is 3. The van der Waals surface area contributed by atoms with Crippen LogP contribution < -0.4 is 10.6 Å². The Hall–Kier alpha value is -3.29. The van der Waals surface area contributed by atoms with Gasteiger partial charge in [-0.15, -0.1) is 0 Å². The SMILES string of the molecule is Cc1ccc(NC(=O)C(NC(=O)c2c(F)cccc2F)C(C)C)cc1C(=O)O. The van der Waals surface area contributed by atoms with E-state index in [4.69, 9.17) is 0 Å². The van der Waals surface area contributed by atoms with Crippen molar-refractivity contribution in [2.75, 3.05) is 5.32 Å². The first-order valence-corrected chi connectivity index (χ1v) is 8.51. The molecule has 2 aromatic carbocycles. The van der Waals surface area contributed by atoms with Crippen LogP contribution in [0.2, 0.25) is 0 Å². The van der Waals surface area contributed by atoms with Gasteiger partial charge in [-0.2, -0.15) is 0 Å². The van der Waals surface area contributed by atoms with Gasteiger partial charge in [0.1, 0.15) is 23.2 Å². The van der Waals surface area contributed by atoms with Crippen molar-refractivity contribution in [3.63, 3.8) is 0 Å². The van der Waals surface area contributed by atoms with Crippen LogP contribution in [-0.4, -0.2) is 28.9 Å². The third kappa shape index (κ3) is 4.70. The Morgan fingerprint density at radius 2 is 1.64 bits per heavy atom. The molecule has 0 aliphatic heterocycles. The zero-order valence-corrected chi connectivity index (χ0v) is 15.5. The first kappa shape index (κ1) is 21.0. The van der Waals surface area contributed by atoms with Gasteiger partial charge < -0.3 is 15.7 Å². The number of benzene rings is 2. The maximum absolute atomic E-state index is 13.8. The lowest BCUT2D eigenvalue weighted by Gasteiger charge is -2.22. The summed E-state index contributed by atoms with van der Waals surface area (Å²) < 4.78 is 27.6. The molecule has 0 fully saturated rings. The molecule has 0 bridgehead atoms. The van der Waals surface area contributed by atoms with Crippen LogP contribution in [0.25, 0.3) is 0 Å². The second kappa shape index (κ2) is 8.60. The van der Waals surface area contributed by atoms with E-state index < -0.39 is 46.9 Å². The second-order valence-electron chi connectivity index (χ2n) is 6.62. The fourth-order valence-corrected chi connectivity index (χ4v) is 2.61. The van der Waals surface area contributed by atoms with Crippen molar-refractivity contribution < 1.29 is 28.3 Å². The lowest BCUT2D eigenvalue weighted by molar-refractivity contribution is -0.118. The van der Waals surface area contributed by atoms with Crippen LogP contribution in [0.4, 0.5) is 14.5 Å². The zero-order valence-electron chi connectivity index (χ0n) is 15.5. The monoisotopic (exact) mass is 390 g/mol. The number of carboxylic acids is 1. The Kier molecular flexibility index (Phi) is 6.45. The molecule has 3 N–H and O–H groups in total. The van der Waals surface area contributed by atoms with Crippen LogP contribution in [0.1, 0.15) is 40.1 Å². The van der Waals surface area contributed by atoms with E-state index >= 15 is 0 Å². The third-order valence-corrected chi connectivity index (χ3v) is 4.16. The quantitative estimate of drug-likeness (QED) is 0.705. The smallest absolute Gasteiger partial charge is 0.336 e. The van der Waals surface area contributed by atoms with E-state index in [9.17, 15) is 28.3 Å². The molecule has 0 aliphatic rings. The van der Waals surface area contributed by atoms with Crippen LogP contribution in [0.15, 0.2) is 36.4 Å². The molecule has 1 atom stereocenters. The molecule has 6 nitrogen and oxygen atoms in total. The van der Waals surface area contributed by atoms with E-state index in [1.54, 1.807) is 20.8 Å². The van der Waals surface area contributed by atoms with Gasteiger partial charge in [0.15, 0.2) is 0 Å². The molecule has 0 radical (unpaired) electrons. The summed E-state index contributed by atoms with van der Waals surface area (Å²) in [7, 11) is 0. The summed E-state index contributed by atoms with van der Waals surface area (Å²) in [4.78, 5) is 36.1. The summed E-state index contributed by atoms with van der Waals surface area (Å²) in [5, 5.41) is 14.0. The maximum Gasteiger partial charge on any atom is 0.336 e. The Morgan fingerprint density at radius 1 is 1.04 bits per heavy atom. The molecule has 2 amide bonds. The normalized spacial score (nSPS) is 11.8. The number of aryl methyl sites for hydroxylation is 1. The van der Waals surface area contributed by atoms with Gasteiger partial charge >= 0.3 is 5.97 Å². The Labute approximate surface area is 160 Å². The fourth-order valence-electron chi connectivity index (χ4n) is 2.61. The van der Waals surface area contributed by atoms with E-state index in [0.29, 0.717) is 5.56 Å². The Morgan fingerprint density at radius 3 is 2.18 bits per heavy atom. The molecule has 2 aromatic rings. The predicted octanol–water partition coefficient (Wildman–Crippen LogP) is 3.36. The van der Waals surface area contributed by atoms with Crippen LogP contribution in [0.3, 0.4) is 0 Å². The molecule has 0 saturated heterocycles. The average molecular weight is 390 g/mol. The standard InChI is InChI=1S/C20H20F2N2O4/c1-10(2)17(24-18(25)16-14(21)5-4-6-15(16)22)19(26)23-12-8-7-11(3)13(9-12)20(27)28/h4-10,17H,1-3H3,(H,23,26)(H,24,25)(H,27,28). The summed E-state index contributed by atoms with van der Waals surface area (Å²) in [6.07, 6.45) is 0. The average Bonchev–Trinajstić information content (AvgIpc) is 2.60. The minimum absolute atomic E-state index is 0.0244. The number of carbonyl (C=O) groups excluding carboxylic acids is 2. The lowest BCUT2D eigenvalue weighted by atomic mass is 10.0. The van der Waals surface area contributed by atoms with Crippen molar-refractivity contribution >= 4 is 23.5 Å². The highest BCUT2D eigenvalue weighted by Gasteiger charge is 2.27. The Bertz CT molecular complexity index is 908. The molecule has 2 rings (SSSR count). The number of aromatic carboxylic acids is 1. The molecule has 0 aliphatic carbocycles. The van der Waals surface area contributed by atoms with E-state index in [1.807, 2.05) is 0 Å². The highest BCUT2D eigenvalue weighted by atomic mass is 19.1. The first-order valence-electron chi connectivity index (χ1n) is 8.51. The number of amides is 2.